The second kappa shape index (κ2) is 6.39. The molecule has 0 spiro atoms. The molecular formula is C12H13NO5. The number of aromatic hydroxyl groups is 1. The summed E-state index contributed by atoms with van der Waals surface area (Å²) in [4.78, 5) is 25.3. The van der Waals surface area contributed by atoms with Crippen molar-refractivity contribution in [1.82, 2.24) is 0 Å². The fourth-order valence-corrected chi connectivity index (χ4v) is 1.22. The zero-order valence-electron chi connectivity index (χ0n) is 9.79. The standard InChI is InChI=1S/C12H13NO5/c1-2-18-12(17)8-3-4-10(14)9(5-8)6-13-7-11(15)16/h3-6,14H,2,7H2,1H3,(H,15,16). The van der Waals surface area contributed by atoms with E-state index in [1.54, 1.807) is 6.92 Å². The highest BCUT2D eigenvalue weighted by molar-refractivity contribution is 5.93. The predicted molar refractivity (Wildman–Crippen MR) is 64.2 cm³/mol. The average Bonchev–Trinajstić information content (AvgIpc) is 2.31. The molecule has 1 rings (SSSR count). The van der Waals surface area contributed by atoms with Crippen molar-refractivity contribution in [2.75, 3.05) is 13.2 Å². The van der Waals surface area contributed by atoms with E-state index in [9.17, 15) is 14.7 Å². The molecule has 6 nitrogen and oxygen atoms in total. The molecule has 0 atom stereocenters. The van der Waals surface area contributed by atoms with E-state index < -0.39 is 18.5 Å². The molecule has 1 aromatic rings. The first kappa shape index (κ1) is 13.7. The molecule has 0 aliphatic heterocycles. The lowest BCUT2D eigenvalue weighted by molar-refractivity contribution is -0.135. The first-order valence-corrected chi connectivity index (χ1v) is 5.26. The lowest BCUT2D eigenvalue weighted by Gasteiger charge is -2.04. The zero-order valence-corrected chi connectivity index (χ0v) is 9.79. The molecule has 6 heteroatoms. The Balaban J connectivity index is 2.90. The Morgan fingerprint density at radius 1 is 1.44 bits per heavy atom. The maximum atomic E-state index is 11.4. The number of hydrogen-bond donors (Lipinski definition) is 2. The maximum absolute atomic E-state index is 11.4. The number of esters is 1. The van der Waals surface area contributed by atoms with Crippen molar-refractivity contribution in [2.24, 2.45) is 4.99 Å². The molecule has 0 fully saturated rings. The summed E-state index contributed by atoms with van der Waals surface area (Å²) in [7, 11) is 0. The highest BCUT2D eigenvalue weighted by Crippen LogP contribution is 2.17. The van der Waals surface area contributed by atoms with Crippen molar-refractivity contribution in [2.45, 2.75) is 6.92 Å². The summed E-state index contributed by atoms with van der Waals surface area (Å²) in [5, 5.41) is 17.9. The number of aliphatic carboxylic acids is 1. The Labute approximate surface area is 104 Å². The van der Waals surface area contributed by atoms with Crippen LogP contribution in [0.5, 0.6) is 5.75 Å². The van der Waals surface area contributed by atoms with Gasteiger partial charge in [-0.15, -0.1) is 0 Å². The Morgan fingerprint density at radius 2 is 2.17 bits per heavy atom. The second-order valence-corrected chi connectivity index (χ2v) is 3.36. The van der Waals surface area contributed by atoms with Crippen LogP contribution >= 0.6 is 0 Å². The normalized spacial score (nSPS) is 10.5. The van der Waals surface area contributed by atoms with Crippen LogP contribution in [0, 0.1) is 0 Å². The molecule has 0 saturated carbocycles. The summed E-state index contributed by atoms with van der Waals surface area (Å²) >= 11 is 0. The van der Waals surface area contributed by atoms with Gasteiger partial charge in [-0.1, -0.05) is 0 Å². The third kappa shape index (κ3) is 3.89. The van der Waals surface area contributed by atoms with E-state index in [0.29, 0.717) is 0 Å². The van der Waals surface area contributed by atoms with Gasteiger partial charge in [-0.3, -0.25) is 9.79 Å². The number of hydrogen-bond acceptors (Lipinski definition) is 5. The highest BCUT2D eigenvalue weighted by Gasteiger charge is 2.08. The van der Waals surface area contributed by atoms with Gasteiger partial charge in [0.1, 0.15) is 12.3 Å². The van der Waals surface area contributed by atoms with E-state index in [2.05, 4.69) is 4.99 Å². The minimum atomic E-state index is -1.08. The minimum absolute atomic E-state index is 0.0859. The summed E-state index contributed by atoms with van der Waals surface area (Å²) in [5.41, 5.74) is 0.535. The smallest absolute Gasteiger partial charge is 0.338 e. The number of carbonyl (C=O) groups excluding carboxylic acids is 1. The van der Waals surface area contributed by atoms with E-state index in [0.717, 1.165) is 0 Å². The van der Waals surface area contributed by atoms with Crippen molar-refractivity contribution < 1.29 is 24.5 Å². The quantitative estimate of drug-likeness (QED) is 0.602. The Kier molecular flexibility index (Phi) is 4.86. The molecule has 0 radical (unpaired) electrons. The SMILES string of the molecule is CCOC(=O)c1ccc(O)c(C=NCC(=O)O)c1. The molecule has 18 heavy (non-hydrogen) atoms. The van der Waals surface area contributed by atoms with Gasteiger partial charge in [-0.05, 0) is 25.1 Å². The fourth-order valence-electron chi connectivity index (χ4n) is 1.22. The van der Waals surface area contributed by atoms with E-state index in [4.69, 9.17) is 9.84 Å². The van der Waals surface area contributed by atoms with Gasteiger partial charge in [-0.25, -0.2) is 4.79 Å². The number of benzene rings is 1. The van der Waals surface area contributed by atoms with Crippen LogP contribution in [-0.2, 0) is 9.53 Å². The first-order valence-electron chi connectivity index (χ1n) is 5.26. The van der Waals surface area contributed by atoms with E-state index in [1.807, 2.05) is 0 Å². The van der Waals surface area contributed by atoms with Crippen LogP contribution in [0.25, 0.3) is 0 Å². The topological polar surface area (TPSA) is 96.2 Å². The average molecular weight is 251 g/mol. The van der Waals surface area contributed by atoms with Gasteiger partial charge < -0.3 is 14.9 Å². The molecule has 0 aromatic heterocycles. The number of carboxylic acid groups (broad SMARTS) is 1. The molecule has 2 N–H and O–H groups in total. The molecular weight excluding hydrogens is 238 g/mol. The lowest BCUT2D eigenvalue weighted by Crippen LogP contribution is -2.05. The van der Waals surface area contributed by atoms with Gasteiger partial charge in [-0.2, -0.15) is 0 Å². The number of carboxylic acids is 1. The van der Waals surface area contributed by atoms with Gasteiger partial charge in [0, 0.05) is 11.8 Å². The number of carbonyl (C=O) groups is 2. The third-order valence-corrected chi connectivity index (χ3v) is 2.00. The number of ether oxygens (including phenoxy) is 1. The van der Waals surface area contributed by atoms with Gasteiger partial charge in [0.15, 0.2) is 0 Å². The van der Waals surface area contributed by atoms with Crippen molar-refractivity contribution in [3.05, 3.63) is 29.3 Å². The van der Waals surface area contributed by atoms with Gasteiger partial charge in [0.05, 0.1) is 12.2 Å². The summed E-state index contributed by atoms with van der Waals surface area (Å²) in [6.07, 6.45) is 1.20. The molecule has 0 unspecified atom stereocenters. The number of aliphatic imine (C=N–C) groups is 1. The monoisotopic (exact) mass is 251 g/mol. The predicted octanol–water partition coefficient (Wildman–Crippen LogP) is 1.07. The molecule has 0 aliphatic rings. The zero-order chi connectivity index (χ0) is 13.5. The van der Waals surface area contributed by atoms with Crippen molar-refractivity contribution in [3.63, 3.8) is 0 Å². The number of phenolic OH excluding ortho intramolecular Hbond substituents is 1. The summed E-state index contributed by atoms with van der Waals surface area (Å²) in [5.74, 6) is -1.67. The molecule has 0 amide bonds. The third-order valence-electron chi connectivity index (χ3n) is 2.00. The number of phenols is 1. The van der Waals surface area contributed by atoms with Crippen molar-refractivity contribution in [3.8, 4) is 5.75 Å². The second-order valence-electron chi connectivity index (χ2n) is 3.36. The summed E-state index contributed by atoms with van der Waals surface area (Å²) in [6, 6.07) is 4.13. The Morgan fingerprint density at radius 3 is 2.78 bits per heavy atom. The van der Waals surface area contributed by atoms with Crippen LogP contribution < -0.4 is 0 Å². The lowest BCUT2D eigenvalue weighted by atomic mass is 10.1. The van der Waals surface area contributed by atoms with Gasteiger partial charge in [0.2, 0.25) is 0 Å². The maximum Gasteiger partial charge on any atom is 0.338 e. The molecule has 0 bridgehead atoms. The van der Waals surface area contributed by atoms with Crippen LogP contribution in [0.4, 0.5) is 0 Å². The number of nitrogens with zero attached hydrogens (tertiary/aromatic N) is 1. The van der Waals surface area contributed by atoms with Crippen LogP contribution in [0.15, 0.2) is 23.2 Å². The van der Waals surface area contributed by atoms with E-state index >= 15 is 0 Å². The van der Waals surface area contributed by atoms with Crippen LogP contribution in [-0.4, -0.2) is 41.5 Å². The van der Waals surface area contributed by atoms with E-state index in [1.165, 1.54) is 24.4 Å². The molecule has 0 aliphatic carbocycles. The fraction of sp³-hybridized carbons (Fsp3) is 0.250. The van der Waals surface area contributed by atoms with E-state index in [-0.39, 0.29) is 23.5 Å². The van der Waals surface area contributed by atoms with Gasteiger partial charge >= 0.3 is 11.9 Å². The molecule has 0 saturated heterocycles. The largest absolute Gasteiger partial charge is 0.507 e. The first-order chi connectivity index (χ1) is 8.54. The summed E-state index contributed by atoms with van der Waals surface area (Å²) in [6.45, 7) is 1.54. The van der Waals surface area contributed by atoms with Crippen molar-refractivity contribution >= 4 is 18.2 Å². The molecule has 0 heterocycles. The molecule has 1 aromatic carbocycles. The van der Waals surface area contributed by atoms with Crippen LogP contribution in [0.1, 0.15) is 22.8 Å². The Hall–Kier alpha value is -2.37. The van der Waals surface area contributed by atoms with Crippen LogP contribution in [0.2, 0.25) is 0 Å². The number of rotatable bonds is 5. The molecule has 96 valence electrons. The van der Waals surface area contributed by atoms with Gasteiger partial charge in [0.25, 0.3) is 0 Å². The summed E-state index contributed by atoms with van der Waals surface area (Å²) < 4.78 is 4.81. The highest BCUT2D eigenvalue weighted by atomic mass is 16.5. The minimum Gasteiger partial charge on any atom is -0.507 e. The van der Waals surface area contributed by atoms with Crippen LogP contribution in [0.3, 0.4) is 0 Å². The van der Waals surface area contributed by atoms with Crippen molar-refractivity contribution in [1.29, 1.82) is 0 Å². The Bertz CT molecular complexity index is 481.